The average molecular weight is 437 g/mol. The van der Waals surface area contributed by atoms with E-state index in [9.17, 15) is 4.79 Å². The molecular formula is C25H29ClN4O. The molecule has 4 bridgehead atoms. The first-order valence-corrected chi connectivity index (χ1v) is 12.1. The molecule has 0 spiro atoms. The minimum Gasteiger partial charge on any atom is -0.369 e. The molecule has 2 heterocycles. The van der Waals surface area contributed by atoms with Crippen molar-refractivity contribution in [3.8, 4) is 0 Å². The predicted octanol–water partition coefficient (Wildman–Crippen LogP) is 4.96. The number of hydrogen-bond acceptors (Lipinski definition) is 4. The number of amides is 1. The van der Waals surface area contributed by atoms with Gasteiger partial charge in [0.05, 0.1) is 12.2 Å². The zero-order chi connectivity index (χ0) is 21.0. The van der Waals surface area contributed by atoms with Crippen LogP contribution in [-0.2, 0) is 13.0 Å². The van der Waals surface area contributed by atoms with Crippen molar-refractivity contribution in [2.45, 2.75) is 51.5 Å². The van der Waals surface area contributed by atoms with E-state index in [1.807, 2.05) is 17.0 Å². The Morgan fingerprint density at radius 1 is 1.13 bits per heavy atom. The Kier molecular flexibility index (Phi) is 4.71. The lowest BCUT2D eigenvalue weighted by Crippen LogP contribution is -2.49. The van der Waals surface area contributed by atoms with Crippen LogP contribution in [0, 0.1) is 23.2 Å². The van der Waals surface area contributed by atoms with E-state index in [1.165, 1.54) is 44.1 Å². The zero-order valence-corrected chi connectivity index (χ0v) is 18.6. The lowest BCUT2D eigenvalue weighted by atomic mass is 9.49. The van der Waals surface area contributed by atoms with Crippen molar-refractivity contribution in [3.63, 3.8) is 0 Å². The van der Waals surface area contributed by atoms with Gasteiger partial charge in [-0.2, -0.15) is 0 Å². The Labute approximate surface area is 188 Å². The highest BCUT2D eigenvalue weighted by molar-refractivity contribution is 6.30. The molecule has 1 amide bonds. The molecular weight excluding hydrogens is 408 g/mol. The van der Waals surface area contributed by atoms with Crippen LogP contribution in [0.3, 0.4) is 0 Å². The summed E-state index contributed by atoms with van der Waals surface area (Å²) < 4.78 is 0. The Hall–Kier alpha value is -2.14. The Balaban J connectivity index is 1.17. The maximum atomic E-state index is 12.9. The van der Waals surface area contributed by atoms with E-state index >= 15 is 0 Å². The second-order valence-corrected chi connectivity index (χ2v) is 10.8. The van der Waals surface area contributed by atoms with Crippen molar-refractivity contribution in [2.24, 2.45) is 23.2 Å². The van der Waals surface area contributed by atoms with Crippen molar-refractivity contribution in [1.29, 1.82) is 0 Å². The SMILES string of the molecule is O=C(c1cccc(Cl)c1)N1CCc2c(ncnc2NCC23CC4CC(CC(C4)C2)C3)C1. The summed E-state index contributed by atoms with van der Waals surface area (Å²) in [5.74, 6) is 3.86. The molecule has 162 valence electrons. The molecule has 1 aliphatic heterocycles. The molecule has 5 aliphatic rings. The van der Waals surface area contributed by atoms with Crippen LogP contribution >= 0.6 is 11.6 Å². The summed E-state index contributed by atoms with van der Waals surface area (Å²) in [6, 6.07) is 7.17. The molecule has 7 rings (SSSR count). The monoisotopic (exact) mass is 436 g/mol. The lowest BCUT2D eigenvalue weighted by molar-refractivity contribution is -0.0444. The van der Waals surface area contributed by atoms with Crippen LogP contribution in [-0.4, -0.2) is 33.9 Å². The van der Waals surface area contributed by atoms with Gasteiger partial charge in [-0.15, -0.1) is 0 Å². The van der Waals surface area contributed by atoms with Crippen molar-refractivity contribution >= 4 is 23.3 Å². The molecule has 4 aliphatic carbocycles. The molecule has 0 saturated heterocycles. The molecule has 0 unspecified atom stereocenters. The summed E-state index contributed by atoms with van der Waals surface area (Å²) in [6.45, 7) is 2.23. The van der Waals surface area contributed by atoms with E-state index in [0.717, 1.165) is 42.2 Å². The van der Waals surface area contributed by atoms with Crippen LogP contribution in [0.5, 0.6) is 0 Å². The number of nitrogens with one attached hydrogen (secondary N) is 1. The van der Waals surface area contributed by atoms with Crippen LogP contribution in [0.2, 0.25) is 5.02 Å². The van der Waals surface area contributed by atoms with Crippen LogP contribution < -0.4 is 5.32 Å². The standard InChI is InChI=1S/C25H29ClN4O/c26-20-3-1-2-19(9-20)24(31)30-5-4-21-22(13-30)28-15-29-23(21)27-14-25-10-16-6-17(11-25)8-18(7-16)12-25/h1-3,9,15-18H,4-8,10-14H2,(H,27,28,29). The van der Waals surface area contributed by atoms with Gasteiger partial charge >= 0.3 is 0 Å². The first-order valence-electron chi connectivity index (χ1n) is 11.7. The average Bonchev–Trinajstić information content (AvgIpc) is 2.76. The predicted molar refractivity (Wildman–Crippen MR) is 121 cm³/mol. The number of nitrogens with zero attached hydrogens (tertiary/aromatic N) is 3. The van der Waals surface area contributed by atoms with Gasteiger partial charge in [-0.25, -0.2) is 9.97 Å². The van der Waals surface area contributed by atoms with E-state index in [4.69, 9.17) is 11.6 Å². The molecule has 4 fully saturated rings. The number of aromatic nitrogens is 2. The summed E-state index contributed by atoms with van der Waals surface area (Å²) in [6.07, 6.45) is 11.0. The maximum Gasteiger partial charge on any atom is 0.254 e. The molecule has 1 N–H and O–H groups in total. The van der Waals surface area contributed by atoms with Gasteiger partial charge in [0.25, 0.3) is 5.91 Å². The Bertz CT molecular complexity index is 987. The maximum absolute atomic E-state index is 12.9. The normalized spacial score (nSPS) is 30.9. The highest BCUT2D eigenvalue weighted by atomic mass is 35.5. The van der Waals surface area contributed by atoms with E-state index in [0.29, 0.717) is 29.1 Å². The number of halogens is 1. The number of benzene rings is 1. The van der Waals surface area contributed by atoms with Crippen molar-refractivity contribution < 1.29 is 4.79 Å². The molecule has 0 atom stereocenters. The summed E-state index contributed by atoms with van der Waals surface area (Å²) in [7, 11) is 0. The number of anilines is 1. The number of rotatable bonds is 4. The first kappa shape index (κ1) is 19.5. The molecule has 1 aromatic carbocycles. The third-order valence-electron chi connectivity index (χ3n) is 8.16. The van der Waals surface area contributed by atoms with E-state index in [-0.39, 0.29) is 5.91 Å². The van der Waals surface area contributed by atoms with Gasteiger partial charge in [0, 0.05) is 29.2 Å². The van der Waals surface area contributed by atoms with Gasteiger partial charge in [0.15, 0.2) is 0 Å². The smallest absolute Gasteiger partial charge is 0.254 e. The van der Waals surface area contributed by atoms with E-state index in [2.05, 4.69) is 15.3 Å². The third kappa shape index (κ3) is 3.61. The fraction of sp³-hybridized carbons (Fsp3) is 0.560. The van der Waals surface area contributed by atoms with Gasteiger partial charge in [-0.05, 0) is 86.3 Å². The zero-order valence-electron chi connectivity index (χ0n) is 17.8. The van der Waals surface area contributed by atoms with Gasteiger partial charge < -0.3 is 10.2 Å². The second-order valence-electron chi connectivity index (χ2n) is 10.4. The van der Waals surface area contributed by atoms with Crippen LogP contribution in [0.1, 0.15) is 60.1 Å². The van der Waals surface area contributed by atoms with Crippen molar-refractivity contribution in [1.82, 2.24) is 14.9 Å². The summed E-state index contributed by atoms with van der Waals surface area (Å²) in [5, 5.41) is 4.33. The number of carbonyl (C=O) groups is 1. The topological polar surface area (TPSA) is 58.1 Å². The molecule has 5 nitrogen and oxygen atoms in total. The van der Waals surface area contributed by atoms with E-state index < -0.39 is 0 Å². The summed E-state index contributed by atoms with van der Waals surface area (Å²) in [5.41, 5.74) is 3.24. The Morgan fingerprint density at radius 2 is 1.87 bits per heavy atom. The minimum atomic E-state index is 0.00911. The van der Waals surface area contributed by atoms with Gasteiger partial charge in [-0.1, -0.05) is 17.7 Å². The minimum absolute atomic E-state index is 0.00911. The highest BCUT2D eigenvalue weighted by Crippen LogP contribution is 2.59. The number of carbonyl (C=O) groups excluding carboxylic acids is 1. The quantitative estimate of drug-likeness (QED) is 0.736. The third-order valence-corrected chi connectivity index (χ3v) is 8.40. The molecule has 6 heteroatoms. The molecule has 1 aromatic heterocycles. The highest BCUT2D eigenvalue weighted by Gasteiger charge is 2.50. The molecule has 31 heavy (non-hydrogen) atoms. The van der Waals surface area contributed by atoms with Gasteiger partial charge in [0.2, 0.25) is 0 Å². The largest absolute Gasteiger partial charge is 0.369 e. The summed E-state index contributed by atoms with van der Waals surface area (Å²) >= 11 is 6.08. The second kappa shape index (κ2) is 7.47. The van der Waals surface area contributed by atoms with Crippen molar-refractivity contribution in [2.75, 3.05) is 18.4 Å². The Morgan fingerprint density at radius 3 is 2.58 bits per heavy atom. The first-order chi connectivity index (χ1) is 15.1. The van der Waals surface area contributed by atoms with Crippen LogP contribution in [0.4, 0.5) is 5.82 Å². The fourth-order valence-corrected chi connectivity index (χ4v) is 7.45. The van der Waals surface area contributed by atoms with E-state index in [1.54, 1.807) is 18.5 Å². The fourth-order valence-electron chi connectivity index (χ4n) is 7.26. The number of fused-ring (bicyclic) bond motifs is 1. The molecule has 2 aromatic rings. The number of hydrogen-bond donors (Lipinski definition) is 1. The summed E-state index contributed by atoms with van der Waals surface area (Å²) in [4.78, 5) is 23.9. The molecule has 4 saturated carbocycles. The van der Waals surface area contributed by atoms with Crippen LogP contribution in [0.15, 0.2) is 30.6 Å². The lowest BCUT2D eigenvalue weighted by Gasteiger charge is -2.57. The van der Waals surface area contributed by atoms with Gasteiger partial charge in [-0.3, -0.25) is 4.79 Å². The van der Waals surface area contributed by atoms with Gasteiger partial charge in [0.1, 0.15) is 12.1 Å². The molecule has 0 radical (unpaired) electrons. The van der Waals surface area contributed by atoms with Crippen molar-refractivity contribution in [3.05, 3.63) is 52.4 Å². The van der Waals surface area contributed by atoms with Crippen LogP contribution in [0.25, 0.3) is 0 Å².